The lowest BCUT2D eigenvalue weighted by atomic mass is 10.2. The van der Waals surface area contributed by atoms with E-state index < -0.39 is 5.97 Å². The topological polar surface area (TPSA) is 68.0 Å². The van der Waals surface area contributed by atoms with Gasteiger partial charge in [-0.25, -0.2) is 14.5 Å². The number of rotatable bonds is 2. The van der Waals surface area contributed by atoms with Crippen LogP contribution in [0, 0.1) is 13.8 Å². The number of aromatic carboxylic acids is 1. The van der Waals surface area contributed by atoms with Gasteiger partial charge in [-0.1, -0.05) is 11.6 Å². The number of halogens is 1. The van der Waals surface area contributed by atoms with Crippen LogP contribution >= 0.6 is 11.6 Å². The summed E-state index contributed by atoms with van der Waals surface area (Å²) in [7, 11) is 0. The molecular weight excluding hydrogens is 242 g/mol. The zero-order chi connectivity index (χ0) is 12.6. The van der Waals surface area contributed by atoms with Crippen LogP contribution in [0.3, 0.4) is 0 Å². The fourth-order valence-corrected chi connectivity index (χ4v) is 1.75. The number of hydrogen-bond donors (Lipinski definition) is 1. The summed E-state index contributed by atoms with van der Waals surface area (Å²) in [5.41, 5.74) is 0.682. The quantitative estimate of drug-likeness (QED) is 0.889. The van der Waals surface area contributed by atoms with Crippen molar-refractivity contribution >= 4 is 17.6 Å². The van der Waals surface area contributed by atoms with Crippen LogP contribution < -0.4 is 0 Å². The van der Waals surface area contributed by atoms with Gasteiger partial charge in [-0.3, -0.25) is 0 Å². The number of aromatic nitrogens is 3. The molecule has 0 fully saturated rings. The fraction of sp³-hybridized carbons (Fsp3) is 0.182. The average molecular weight is 252 g/mol. The summed E-state index contributed by atoms with van der Waals surface area (Å²) in [4.78, 5) is 15.0. The molecule has 1 aromatic carbocycles. The second kappa shape index (κ2) is 4.18. The molecule has 1 aromatic heterocycles. The third-order valence-corrected chi connectivity index (χ3v) is 2.62. The molecule has 0 saturated carbocycles. The van der Waals surface area contributed by atoms with Gasteiger partial charge in [-0.05, 0) is 32.0 Å². The van der Waals surface area contributed by atoms with Crippen molar-refractivity contribution in [3.8, 4) is 5.69 Å². The summed E-state index contributed by atoms with van der Waals surface area (Å²) >= 11 is 6.04. The molecule has 0 atom stereocenters. The molecule has 5 nitrogen and oxygen atoms in total. The zero-order valence-electron chi connectivity index (χ0n) is 9.31. The lowest BCUT2D eigenvalue weighted by Crippen LogP contribution is -2.03. The van der Waals surface area contributed by atoms with Gasteiger partial charge in [0.1, 0.15) is 11.6 Å². The molecule has 0 aliphatic rings. The molecule has 0 bridgehead atoms. The van der Waals surface area contributed by atoms with Gasteiger partial charge in [0.25, 0.3) is 0 Å². The first-order chi connectivity index (χ1) is 7.99. The molecular formula is C11H10ClN3O2. The van der Waals surface area contributed by atoms with E-state index in [-0.39, 0.29) is 5.56 Å². The third kappa shape index (κ3) is 2.14. The Kier molecular flexibility index (Phi) is 2.85. The van der Waals surface area contributed by atoms with Crippen molar-refractivity contribution in [2.45, 2.75) is 13.8 Å². The Balaban J connectivity index is 2.62. The number of nitrogens with zero attached hydrogens (tertiary/aromatic N) is 3. The molecule has 1 heterocycles. The lowest BCUT2D eigenvalue weighted by Gasteiger charge is -2.06. The van der Waals surface area contributed by atoms with Gasteiger partial charge in [0.2, 0.25) is 0 Å². The van der Waals surface area contributed by atoms with E-state index in [2.05, 4.69) is 10.1 Å². The molecule has 0 aliphatic heterocycles. The Morgan fingerprint density at radius 3 is 2.65 bits per heavy atom. The lowest BCUT2D eigenvalue weighted by molar-refractivity contribution is 0.0697. The first kappa shape index (κ1) is 11.6. The minimum atomic E-state index is -1.00. The Labute approximate surface area is 103 Å². The van der Waals surface area contributed by atoms with Gasteiger partial charge in [-0.2, -0.15) is 5.10 Å². The highest BCUT2D eigenvalue weighted by Gasteiger charge is 2.12. The van der Waals surface area contributed by atoms with E-state index in [0.717, 1.165) is 0 Å². The van der Waals surface area contributed by atoms with Crippen molar-refractivity contribution in [2.75, 3.05) is 0 Å². The number of carboxylic acid groups (broad SMARTS) is 1. The maximum Gasteiger partial charge on any atom is 0.335 e. The zero-order valence-corrected chi connectivity index (χ0v) is 10.1. The molecule has 6 heteroatoms. The molecule has 0 aliphatic carbocycles. The number of carbonyl (C=O) groups is 1. The van der Waals surface area contributed by atoms with E-state index in [9.17, 15) is 4.79 Å². The van der Waals surface area contributed by atoms with Crippen LogP contribution in [-0.4, -0.2) is 25.8 Å². The predicted molar refractivity (Wildman–Crippen MR) is 62.8 cm³/mol. The number of benzene rings is 1. The van der Waals surface area contributed by atoms with Crippen molar-refractivity contribution in [3.05, 3.63) is 40.4 Å². The summed E-state index contributed by atoms with van der Waals surface area (Å²) in [5.74, 6) is 0.267. The molecule has 0 saturated heterocycles. The van der Waals surface area contributed by atoms with Gasteiger partial charge in [0.05, 0.1) is 16.3 Å². The molecule has 88 valence electrons. The van der Waals surface area contributed by atoms with Crippen LogP contribution in [0.1, 0.15) is 22.0 Å². The first-order valence-electron chi connectivity index (χ1n) is 4.92. The van der Waals surface area contributed by atoms with Gasteiger partial charge in [0.15, 0.2) is 0 Å². The van der Waals surface area contributed by atoms with Gasteiger partial charge in [-0.15, -0.1) is 0 Å². The normalized spacial score (nSPS) is 10.5. The maximum atomic E-state index is 10.9. The number of hydrogen-bond acceptors (Lipinski definition) is 3. The summed E-state index contributed by atoms with van der Waals surface area (Å²) in [6.07, 6.45) is 0. The van der Waals surface area contributed by atoms with Gasteiger partial charge < -0.3 is 5.11 Å². The van der Waals surface area contributed by atoms with Crippen LogP contribution in [0.25, 0.3) is 5.69 Å². The van der Waals surface area contributed by atoms with Crippen molar-refractivity contribution in [1.29, 1.82) is 0 Å². The molecule has 17 heavy (non-hydrogen) atoms. The Bertz CT molecular complexity index is 592. The Morgan fingerprint density at radius 2 is 2.12 bits per heavy atom. The SMILES string of the molecule is Cc1nc(C)n(-c2cc(C(=O)O)ccc2Cl)n1. The highest BCUT2D eigenvalue weighted by molar-refractivity contribution is 6.32. The number of aryl methyl sites for hydroxylation is 2. The Morgan fingerprint density at radius 1 is 1.41 bits per heavy atom. The highest BCUT2D eigenvalue weighted by Crippen LogP contribution is 2.22. The smallest absolute Gasteiger partial charge is 0.335 e. The summed E-state index contributed by atoms with van der Waals surface area (Å²) < 4.78 is 1.53. The third-order valence-electron chi connectivity index (χ3n) is 2.30. The monoisotopic (exact) mass is 251 g/mol. The number of carboxylic acids is 1. The molecule has 2 aromatic rings. The van der Waals surface area contributed by atoms with Crippen molar-refractivity contribution in [2.24, 2.45) is 0 Å². The molecule has 0 amide bonds. The molecule has 0 unspecified atom stereocenters. The minimum Gasteiger partial charge on any atom is -0.478 e. The molecule has 0 spiro atoms. The fourth-order valence-electron chi connectivity index (χ4n) is 1.56. The van der Waals surface area contributed by atoms with Crippen LogP contribution in [0.2, 0.25) is 5.02 Å². The van der Waals surface area contributed by atoms with E-state index in [0.29, 0.717) is 22.4 Å². The van der Waals surface area contributed by atoms with E-state index in [1.165, 1.54) is 22.9 Å². The van der Waals surface area contributed by atoms with Gasteiger partial charge >= 0.3 is 5.97 Å². The van der Waals surface area contributed by atoms with Crippen LogP contribution in [0.5, 0.6) is 0 Å². The predicted octanol–water partition coefficient (Wildman–Crippen LogP) is 2.24. The largest absolute Gasteiger partial charge is 0.478 e. The summed E-state index contributed by atoms with van der Waals surface area (Å²) in [6, 6.07) is 4.47. The Hall–Kier alpha value is -1.88. The van der Waals surface area contributed by atoms with E-state index in [1.54, 1.807) is 13.8 Å². The van der Waals surface area contributed by atoms with Crippen LogP contribution in [0.15, 0.2) is 18.2 Å². The second-order valence-electron chi connectivity index (χ2n) is 3.59. The molecule has 2 rings (SSSR count). The van der Waals surface area contributed by atoms with Crippen LogP contribution in [-0.2, 0) is 0 Å². The standard InChI is InChI=1S/C11H10ClN3O2/c1-6-13-7(2)15(14-6)10-5-8(11(16)17)3-4-9(10)12/h3-5H,1-2H3,(H,16,17). The van der Waals surface area contributed by atoms with E-state index >= 15 is 0 Å². The van der Waals surface area contributed by atoms with Crippen molar-refractivity contribution < 1.29 is 9.90 Å². The molecule has 1 N–H and O–H groups in total. The van der Waals surface area contributed by atoms with Gasteiger partial charge in [0, 0.05) is 0 Å². The second-order valence-corrected chi connectivity index (χ2v) is 4.00. The van der Waals surface area contributed by atoms with Crippen molar-refractivity contribution in [3.63, 3.8) is 0 Å². The summed E-state index contributed by atoms with van der Waals surface area (Å²) in [5, 5.41) is 13.5. The average Bonchev–Trinajstić information content (AvgIpc) is 2.58. The highest BCUT2D eigenvalue weighted by atomic mass is 35.5. The summed E-state index contributed by atoms with van der Waals surface area (Å²) in [6.45, 7) is 3.54. The van der Waals surface area contributed by atoms with E-state index in [1.807, 2.05) is 0 Å². The maximum absolute atomic E-state index is 10.9. The van der Waals surface area contributed by atoms with Crippen molar-refractivity contribution in [1.82, 2.24) is 14.8 Å². The first-order valence-corrected chi connectivity index (χ1v) is 5.30. The van der Waals surface area contributed by atoms with Crippen LogP contribution in [0.4, 0.5) is 0 Å². The molecule has 0 radical (unpaired) electrons. The minimum absolute atomic E-state index is 0.164. The van der Waals surface area contributed by atoms with E-state index in [4.69, 9.17) is 16.7 Å².